The SMILES string of the molecule is O=C(NCC1CC1)c1cccc(CNc2ncc(-c3cn[nH]c3)c3c2CCO3)c1. The van der Waals surface area contributed by atoms with E-state index < -0.39 is 0 Å². The summed E-state index contributed by atoms with van der Waals surface area (Å²) in [5, 5.41) is 13.3. The largest absolute Gasteiger partial charge is 0.492 e. The van der Waals surface area contributed by atoms with Gasteiger partial charge in [-0.05, 0) is 36.5 Å². The van der Waals surface area contributed by atoms with Crippen molar-refractivity contribution in [2.45, 2.75) is 25.8 Å². The minimum absolute atomic E-state index is 0.00404. The maximum Gasteiger partial charge on any atom is 0.251 e. The number of pyridine rings is 1. The van der Waals surface area contributed by atoms with Crippen LogP contribution < -0.4 is 15.4 Å². The highest BCUT2D eigenvalue weighted by Gasteiger charge is 2.23. The second-order valence-electron chi connectivity index (χ2n) is 7.62. The molecule has 2 aromatic heterocycles. The zero-order valence-electron chi connectivity index (χ0n) is 16.1. The first-order valence-electron chi connectivity index (χ1n) is 10.0. The van der Waals surface area contributed by atoms with E-state index in [1.807, 2.05) is 36.7 Å². The molecule has 3 heterocycles. The Kier molecular flexibility index (Phi) is 4.63. The van der Waals surface area contributed by atoms with Crippen molar-refractivity contribution in [2.24, 2.45) is 5.92 Å². The van der Waals surface area contributed by atoms with Crippen molar-refractivity contribution in [3.05, 3.63) is 59.5 Å². The van der Waals surface area contributed by atoms with Gasteiger partial charge in [0.05, 0.1) is 12.8 Å². The molecule has 0 unspecified atom stereocenters. The number of benzene rings is 1. The molecule has 0 saturated heterocycles. The minimum atomic E-state index is -0.00404. The molecular weight excluding hydrogens is 366 g/mol. The summed E-state index contributed by atoms with van der Waals surface area (Å²) in [6.45, 7) is 2.02. The van der Waals surface area contributed by atoms with Crippen molar-refractivity contribution in [1.82, 2.24) is 20.5 Å². The van der Waals surface area contributed by atoms with Crippen molar-refractivity contribution in [3.8, 4) is 16.9 Å². The van der Waals surface area contributed by atoms with Crippen molar-refractivity contribution >= 4 is 11.7 Å². The lowest BCUT2D eigenvalue weighted by Crippen LogP contribution is -2.25. The van der Waals surface area contributed by atoms with Crippen LogP contribution in [0.15, 0.2) is 42.9 Å². The Balaban J connectivity index is 1.30. The summed E-state index contributed by atoms with van der Waals surface area (Å²) in [5.41, 5.74) is 4.74. The van der Waals surface area contributed by atoms with Gasteiger partial charge < -0.3 is 15.4 Å². The van der Waals surface area contributed by atoms with Crippen molar-refractivity contribution in [3.63, 3.8) is 0 Å². The third-order valence-corrected chi connectivity index (χ3v) is 5.43. The summed E-state index contributed by atoms with van der Waals surface area (Å²) < 4.78 is 5.87. The number of carbonyl (C=O) groups excluding carboxylic acids is 1. The molecule has 0 bridgehead atoms. The molecule has 1 fully saturated rings. The van der Waals surface area contributed by atoms with E-state index in [9.17, 15) is 4.79 Å². The minimum Gasteiger partial charge on any atom is -0.492 e. The molecule has 1 amide bonds. The van der Waals surface area contributed by atoms with Gasteiger partial charge in [0.1, 0.15) is 11.6 Å². The van der Waals surface area contributed by atoms with Gasteiger partial charge in [0.25, 0.3) is 5.91 Å². The van der Waals surface area contributed by atoms with E-state index in [1.165, 1.54) is 12.8 Å². The second kappa shape index (κ2) is 7.58. The first kappa shape index (κ1) is 17.7. The van der Waals surface area contributed by atoms with Crippen LogP contribution >= 0.6 is 0 Å². The van der Waals surface area contributed by atoms with E-state index in [2.05, 4.69) is 25.8 Å². The number of rotatable bonds is 7. The molecule has 7 heteroatoms. The van der Waals surface area contributed by atoms with Crippen LogP contribution in [0.1, 0.15) is 34.3 Å². The molecule has 1 aromatic carbocycles. The van der Waals surface area contributed by atoms with Gasteiger partial charge >= 0.3 is 0 Å². The number of aromatic amines is 1. The summed E-state index contributed by atoms with van der Waals surface area (Å²) >= 11 is 0. The zero-order chi connectivity index (χ0) is 19.6. The maximum absolute atomic E-state index is 12.3. The summed E-state index contributed by atoms with van der Waals surface area (Å²) in [4.78, 5) is 17.0. The Hall–Kier alpha value is -3.35. The van der Waals surface area contributed by atoms with Gasteiger partial charge in [0, 0.05) is 54.2 Å². The number of nitrogens with one attached hydrogen (secondary N) is 3. The molecule has 29 heavy (non-hydrogen) atoms. The molecule has 0 radical (unpaired) electrons. The Morgan fingerprint density at radius 1 is 1.28 bits per heavy atom. The van der Waals surface area contributed by atoms with Crippen LogP contribution in [0.4, 0.5) is 5.82 Å². The Morgan fingerprint density at radius 3 is 3.03 bits per heavy atom. The smallest absolute Gasteiger partial charge is 0.251 e. The lowest BCUT2D eigenvalue weighted by atomic mass is 10.1. The Labute approximate surface area is 168 Å². The fraction of sp³-hybridized carbons (Fsp3) is 0.318. The maximum atomic E-state index is 12.3. The number of fused-ring (bicyclic) bond motifs is 1. The Bertz CT molecular complexity index is 1030. The number of amides is 1. The number of hydrogen-bond donors (Lipinski definition) is 3. The van der Waals surface area contributed by atoms with Crippen LogP contribution in [0.25, 0.3) is 11.1 Å². The van der Waals surface area contributed by atoms with Gasteiger partial charge in [0.15, 0.2) is 0 Å². The predicted octanol–water partition coefficient (Wildman–Crippen LogP) is 3.16. The van der Waals surface area contributed by atoms with Gasteiger partial charge in [-0.2, -0.15) is 5.10 Å². The number of ether oxygens (including phenoxy) is 1. The molecule has 7 nitrogen and oxygen atoms in total. The standard InChI is InChI=1S/C22H23N5O2/c28-22(25-9-14-4-5-14)16-3-1-2-15(8-16)10-23-21-18-6-7-29-20(18)19(13-24-21)17-11-26-27-12-17/h1-3,8,11-14H,4-7,9-10H2,(H,23,24)(H,25,28)(H,26,27). The third-order valence-electron chi connectivity index (χ3n) is 5.43. The molecule has 2 aliphatic rings. The van der Waals surface area contributed by atoms with Gasteiger partial charge in [-0.3, -0.25) is 9.89 Å². The summed E-state index contributed by atoms with van der Waals surface area (Å²) in [5.74, 6) is 2.37. The highest BCUT2D eigenvalue weighted by atomic mass is 16.5. The van der Waals surface area contributed by atoms with E-state index >= 15 is 0 Å². The topological polar surface area (TPSA) is 91.9 Å². The monoisotopic (exact) mass is 389 g/mol. The number of anilines is 1. The molecule has 0 spiro atoms. The lowest BCUT2D eigenvalue weighted by molar-refractivity contribution is 0.0951. The van der Waals surface area contributed by atoms with Crippen LogP contribution in [-0.4, -0.2) is 34.2 Å². The van der Waals surface area contributed by atoms with Gasteiger partial charge in [0.2, 0.25) is 0 Å². The number of H-pyrrole nitrogens is 1. The molecule has 1 aliphatic heterocycles. The molecule has 0 atom stereocenters. The lowest BCUT2D eigenvalue weighted by Gasteiger charge is -2.12. The Morgan fingerprint density at radius 2 is 2.21 bits per heavy atom. The van der Waals surface area contributed by atoms with Crippen LogP contribution in [0.3, 0.4) is 0 Å². The number of nitrogens with zero attached hydrogens (tertiary/aromatic N) is 2. The summed E-state index contributed by atoms with van der Waals surface area (Å²) in [6, 6.07) is 7.73. The van der Waals surface area contributed by atoms with Crippen molar-refractivity contribution in [1.29, 1.82) is 0 Å². The zero-order valence-corrected chi connectivity index (χ0v) is 16.1. The number of carbonyl (C=O) groups is 1. The molecule has 3 N–H and O–H groups in total. The molecule has 1 aliphatic carbocycles. The third kappa shape index (κ3) is 3.81. The average Bonchev–Trinajstić information content (AvgIpc) is 3.19. The molecule has 5 rings (SSSR count). The molecular formula is C22H23N5O2. The summed E-state index contributed by atoms with van der Waals surface area (Å²) in [6.07, 6.45) is 8.70. The number of hydrogen-bond acceptors (Lipinski definition) is 5. The van der Waals surface area contributed by atoms with Crippen LogP contribution in [0.5, 0.6) is 5.75 Å². The van der Waals surface area contributed by atoms with Crippen LogP contribution in [-0.2, 0) is 13.0 Å². The number of aromatic nitrogens is 3. The fourth-order valence-electron chi connectivity index (χ4n) is 3.61. The second-order valence-corrected chi connectivity index (χ2v) is 7.62. The van der Waals surface area contributed by atoms with Gasteiger partial charge in [-0.15, -0.1) is 0 Å². The van der Waals surface area contributed by atoms with Gasteiger partial charge in [-0.1, -0.05) is 12.1 Å². The van der Waals surface area contributed by atoms with E-state index in [0.29, 0.717) is 24.6 Å². The highest BCUT2D eigenvalue weighted by molar-refractivity contribution is 5.94. The molecule has 148 valence electrons. The summed E-state index contributed by atoms with van der Waals surface area (Å²) in [7, 11) is 0. The van der Waals surface area contributed by atoms with E-state index in [0.717, 1.165) is 46.8 Å². The van der Waals surface area contributed by atoms with Crippen molar-refractivity contribution in [2.75, 3.05) is 18.5 Å². The van der Waals surface area contributed by atoms with Crippen LogP contribution in [0.2, 0.25) is 0 Å². The van der Waals surface area contributed by atoms with E-state index in [4.69, 9.17) is 4.74 Å². The fourth-order valence-corrected chi connectivity index (χ4v) is 3.61. The average molecular weight is 389 g/mol. The quantitative estimate of drug-likeness (QED) is 0.577. The molecule has 1 saturated carbocycles. The normalized spacial score (nSPS) is 14.9. The molecule has 3 aromatic rings. The van der Waals surface area contributed by atoms with Gasteiger partial charge in [-0.25, -0.2) is 4.98 Å². The van der Waals surface area contributed by atoms with E-state index in [1.54, 1.807) is 6.20 Å². The first-order valence-corrected chi connectivity index (χ1v) is 10.0. The highest BCUT2D eigenvalue weighted by Crippen LogP contribution is 2.39. The first-order chi connectivity index (χ1) is 14.3. The van der Waals surface area contributed by atoms with E-state index in [-0.39, 0.29) is 5.91 Å². The van der Waals surface area contributed by atoms with Crippen molar-refractivity contribution < 1.29 is 9.53 Å². The van der Waals surface area contributed by atoms with Crippen LogP contribution in [0, 0.1) is 5.92 Å². The predicted molar refractivity (Wildman–Crippen MR) is 110 cm³/mol.